The van der Waals surface area contributed by atoms with Crippen molar-refractivity contribution in [1.82, 2.24) is 16.0 Å². The van der Waals surface area contributed by atoms with Gasteiger partial charge in [-0.15, -0.1) is 0 Å². The van der Waals surface area contributed by atoms with Crippen LogP contribution < -0.4 is 16.0 Å². The lowest BCUT2D eigenvalue weighted by Gasteiger charge is -2.20. The van der Waals surface area contributed by atoms with Crippen LogP contribution in [0.2, 0.25) is 0 Å². The highest BCUT2D eigenvalue weighted by Crippen LogP contribution is 2.08. The lowest BCUT2D eigenvalue weighted by molar-refractivity contribution is -0.143. The predicted molar refractivity (Wildman–Crippen MR) is 79.9 cm³/mol. The largest absolute Gasteiger partial charge is 0.480 e. The van der Waals surface area contributed by atoms with E-state index in [-0.39, 0.29) is 37.1 Å². The number of carboxylic acid groups (broad SMARTS) is 1. The van der Waals surface area contributed by atoms with Crippen molar-refractivity contribution in [3.8, 4) is 0 Å². The average Bonchev–Trinajstić information content (AvgIpc) is 2.45. The Morgan fingerprint density at radius 3 is 2.05 bits per heavy atom. The van der Waals surface area contributed by atoms with E-state index in [2.05, 4.69) is 16.0 Å². The first-order valence-electron chi connectivity index (χ1n) is 7.31. The van der Waals surface area contributed by atoms with E-state index in [1.54, 1.807) is 6.92 Å². The van der Waals surface area contributed by atoms with Gasteiger partial charge in [0.05, 0.1) is 0 Å². The van der Waals surface area contributed by atoms with Crippen LogP contribution in [-0.2, 0) is 19.2 Å². The summed E-state index contributed by atoms with van der Waals surface area (Å²) in [7, 11) is 0. The Balaban J connectivity index is 4.03. The summed E-state index contributed by atoms with van der Waals surface area (Å²) in [5.41, 5.74) is 0. The van der Waals surface area contributed by atoms with Crippen molar-refractivity contribution >= 4 is 23.7 Å². The molecule has 0 spiro atoms. The van der Waals surface area contributed by atoms with Gasteiger partial charge in [-0.25, -0.2) is 4.79 Å². The quantitative estimate of drug-likeness (QED) is 0.410. The molecule has 8 heteroatoms. The van der Waals surface area contributed by atoms with Gasteiger partial charge in [0.2, 0.25) is 17.7 Å². The number of rotatable bonds is 10. The second-order valence-corrected chi connectivity index (χ2v) is 5.10. The Kier molecular flexibility index (Phi) is 9.56. The molecule has 0 bridgehead atoms. The zero-order valence-electron chi connectivity index (χ0n) is 13.3. The van der Waals surface area contributed by atoms with Crippen molar-refractivity contribution < 1.29 is 24.3 Å². The zero-order valence-corrected chi connectivity index (χ0v) is 13.3. The van der Waals surface area contributed by atoms with E-state index in [9.17, 15) is 19.2 Å². The molecule has 22 heavy (non-hydrogen) atoms. The minimum absolute atomic E-state index is 0.0290. The molecule has 0 heterocycles. The molecule has 3 amide bonds. The summed E-state index contributed by atoms with van der Waals surface area (Å²) in [6, 6.07) is -0.944. The predicted octanol–water partition coefficient (Wildman–Crippen LogP) is -0.366. The molecule has 0 aliphatic heterocycles. The van der Waals surface area contributed by atoms with Crippen LogP contribution in [0.15, 0.2) is 0 Å². The average molecular weight is 315 g/mol. The molecule has 0 fully saturated rings. The molecular formula is C14H25N3O5. The summed E-state index contributed by atoms with van der Waals surface area (Å²) >= 11 is 0. The Morgan fingerprint density at radius 1 is 1.00 bits per heavy atom. The number of hydrogen-bond donors (Lipinski definition) is 4. The molecule has 0 aromatic heterocycles. The minimum atomic E-state index is -1.08. The van der Waals surface area contributed by atoms with E-state index in [0.29, 0.717) is 13.0 Å². The van der Waals surface area contributed by atoms with Crippen LogP contribution in [0.5, 0.6) is 0 Å². The zero-order chi connectivity index (χ0) is 17.1. The number of nitrogens with one attached hydrogen (secondary N) is 3. The van der Waals surface area contributed by atoms with Crippen LogP contribution in [0.1, 0.15) is 40.0 Å². The van der Waals surface area contributed by atoms with Crippen molar-refractivity contribution in [3.05, 3.63) is 0 Å². The number of carbonyl (C=O) groups is 4. The van der Waals surface area contributed by atoms with Gasteiger partial charge in [-0.1, -0.05) is 20.3 Å². The normalized spacial score (nSPS) is 12.9. The van der Waals surface area contributed by atoms with Crippen molar-refractivity contribution in [2.45, 2.75) is 46.1 Å². The van der Waals surface area contributed by atoms with E-state index in [0.717, 1.165) is 0 Å². The van der Waals surface area contributed by atoms with Crippen molar-refractivity contribution in [1.29, 1.82) is 0 Å². The van der Waals surface area contributed by atoms with Crippen LogP contribution in [0.4, 0.5) is 0 Å². The maximum Gasteiger partial charge on any atom is 0.326 e. The highest BCUT2D eigenvalue weighted by molar-refractivity contribution is 5.87. The van der Waals surface area contributed by atoms with Crippen LogP contribution >= 0.6 is 0 Å². The highest BCUT2D eigenvalue weighted by Gasteiger charge is 2.25. The Hall–Kier alpha value is -2.12. The Labute approximate surface area is 130 Å². The molecule has 0 radical (unpaired) electrons. The lowest BCUT2D eigenvalue weighted by atomic mass is 9.99. The number of aliphatic carboxylic acids is 1. The first-order valence-corrected chi connectivity index (χ1v) is 7.31. The molecule has 8 nitrogen and oxygen atoms in total. The third kappa shape index (κ3) is 8.93. The molecule has 0 aliphatic rings. The van der Waals surface area contributed by atoms with Gasteiger partial charge in [0.15, 0.2) is 0 Å². The number of amides is 3. The molecule has 2 atom stereocenters. The fourth-order valence-electron chi connectivity index (χ4n) is 1.68. The summed E-state index contributed by atoms with van der Waals surface area (Å²) in [4.78, 5) is 44.9. The second-order valence-electron chi connectivity index (χ2n) is 5.10. The van der Waals surface area contributed by atoms with Crippen LogP contribution in [0.25, 0.3) is 0 Å². The molecular weight excluding hydrogens is 290 g/mol. The van der Waals surface area contributed by atoms with Crippen molar-refractivity contribution in [2.75, 3.05) is 13.1 Å². The summed E-state index contributed by atoms with van der Waals surface area (Å²) in [6.45, 7) is 5.57. The summed E-state index contributed by atoms with van der Waals surface area (Å²) in [5.74, 6) is -2.24. The Morgan fingerprint density at radius 2 is 1.55 bits per heavy atom. The number of carbonyl (C=O) groups excluding carboxylic acids is 3. The fourth-order valence-corrected chi connectivity index (χ4v) is 1.68. The lowest BCUT2D eigenvalue weighted by Crippen LogP contribution is -2.45. The smallest absolute Gasteiger partial charge is 0.326 e. The van der Waals surface area contributed by atoms with Gasteiger partial charge < -0.3 is 21.1 Å². The van der Waals surface area contributed by atoms with Gasteiger partial charge in [-0.05, 0) is 5.92 Å². The van der Waals surface area contributed by atoms with Crippen LogP contribution in [0.3, 0.4) is 0 Å². The molecule has 0 saturated heterocycles. The minimum Gasteiger partial charge on any atom is -0.480 e. The second kappa shape index (κ2) is 10.6. The maximum absolute atomic E-state index is 11.7. The van der Waals surface area contributed by atoms with E-state index in [4.69, 9.17) is 5.11 Å². The van der Waals surface area contributed by atoms with Crippen LogP contribution in [0, 0.1) is 5.92 Å². The standard InChI is InChI=1S/C14H25N3O5/c1-4-9(2)13(14(21)22)17-12(20)6-5-11(19)16-8-7-15-10(3)18/h9,13H,4-8H2,1-3H3,(H,15,18)(H,16,19)(H,17,20)(H,21,22)/t9-,13-/m0/s1. The maximum atomic E-state index is 11.7. The van der Waals surface area contributed by atoms with Gasteiger partial charge >= 0.3 is 5.97 Å². The molecule has 0 aromatic rings. The molecule has 4 N–H and O–H groups in total. The van der Waals surface area contributed by atoms with E-state index >= 15 is 0 Å². The monoisotopic (exact) mass is 315 g/mol. The number of carboxylic acids is 1. The molecule has 0 rings (SSSR count). The molecule has 0 aliphatic carbocycles. The van der Waals surface area contributed by atoms with Gasteiger partial charge in [0, 0.05) is 32.9 Å². The van der Waals surface area contributed by atoms with Gasteiger partial charge in [-0.2, -0.15) is 0 Å². The molecule has 0 saturated carbocycles. The summed E-state index contributed by atoms with van der Waals surface area (Å²) in [6.07, 6.45) is 0.520. The summed E-state index contributed by atoms with van der Waals surface area (Å²) in [5, 5.41) is 16.6. The van der Waals surface area contributed by atoms with Gasteiger partial charge in [0.25, 0.3) is 0 Å². The molecule has 0 unspecified atom stereocenters. The fraction of sp³-hybridized carbons (Fsp3) is 0.714. The first-order chi connectivity index (χ1) is 10.3. The van der Waals surface area contributed by atoms with Gasteiger partial charge in [-0.3, -0.25) is 14.4 Å². The Bertz CT molecular complexity index is 411. The molecule has 0 aromatic carbocycles. The first kappa shape index (κ1) is 19.9. The summed E-state index contributed by atoms with van der Waals surface area (Å²) < 4.78 is 0. The van der Waals surface area contributed by atoms with Crippen LogP contribution in [-0.4, -0.2) is 47.9 Å². The van der Waals surface area contributed by atoms with Crippen molar-refractivity contribution in [2.24, 2.45) is 5.92 Å². The van der Waals surface area contributed by atoms with Gasteiger partial charge in [0.1, 0.15) is 6.04 Å². The molecule has 126 valence electrons. The SMILES string of the molecule is CC[C@H](C)[C@H](NC(=O)CCC(=O)NCCNC(C)=O)C(=O)O. The number of hydrogen-bond acceptors (Lipinski definition) is 4. The highest BCUT2D eigenvalue weighted by atomic mass is 16.4. The third-order valence-electron chi connectivity index (χ3n) is 3.20. The van der Waals surface area contributed by atoms with E-state index in [1.165, 1.54) is 6.92 Å². The third-order valence-corrected chi connectivity index (χ3v) is 3.20. The topological polar surface area (TPSA) is 125 Å². The van der Waals surface area contributed by atoms with E-state index < -0.39 is 17.9 Å². The van der Waals surface area contributed by atoms with Crippen molar-refractivity contribution in [3.63, 3.8) is 0 Å². The van der Waals surface area contributed by atoms with E-state index in [1.807, 2.05) is 6.92 Å².